The molecule has 0 radical (unpaired) electrons. The molecule has 0 saturated carbocycles. The van der Waals surface area contributed by atoms with E-state index in [4.69, 9.17) is 15.3 Å². The van der Waals surface area contributed by atoms with Crippen molar-refractivity contribution in [2.45, 2.75) is 0 Å². The lowest BCUT2D eigenvalue weighted by Gasteiger charge is -1.97. The molecular formula is C19H22IO3P. The average molecular weight is 456 g/mol. The first-order chi connectivity index (χ1) is 11.1. The predicted octanol–water partition coefficient (Wildman–Crippen LogP) is 4.73. The van der Waals surface area contributed by atoms with Crippen LogP contribution in [-0.2, 0) is 0 Å². The van der Waals surface area contributed by atoms with Crippen LogP contribution in [0.4, 0.5) is 0 Å². The fraction of sp³-hybridized carbons (Fsp3) is 0.0526. The van der Waals surface area contributed by atoms with Gasteiger partial charge in [-0.3, -0.25) is 0 Å². The van der Waals surface area contributed by atoms with Crippen molar-refractivity contribution in [3.05, 3.63) is 84.9 Å². The van der Waals surface area contributed by atoms with Crippen molar-refractivity contribution in [2.24, 2.45) is 0 Å². The molecule has 3 rings (SSSR count). The minimum absolute atomic E-state index is 0. The van der Waals surface area contributed by atoms with E-state index < -0.39 is 0 Å². The van der Waals surface area contributed by atoms with Gasteiger partial charge in [-0.1, -0.05) is 63.2 Å². The van der Waals surface area contributed by atoms with Crippen LogP contribution in [0.5, 0.6) is 17.2 Å². The summed E-state index contributed by atoms with van der Waals surface area (Å²) in [6.45, 7) is 2.05. The lowest BCUT2D eigenvalue weighted by Crippen LogP contribution is -1.91. The highest BCUT2D eigenvalue weighted by molar-refractivity contribution is 14.0. The number of phenols is 3. The third-order valence-electron chi connectivity index (χ3n) is 2.69. The van der Waals surface area contributed by atoms with Crippen LogP contribution in [0, 0.1) is 0 Å². The average Bonchev–Trinajstić information content (AvgIpc) is 2.58. The van der Waals surface area contributed by atoms with E-state index in [1.54, 1.807) is 54.6 Å². The van der Waals surface area contributed by atoms with E-state index in [-0.39, 0.29) is 24.0 Å². The van der Waals surface area contributed by atoms with Crippen molar-refractivity contribution < 1.29 is 15.3 Å². The van der Waals surface area contributed by atoms with Crippen molar-refractivity contribution in [3.8, 4) is 17.2 Å². The highest BCUT2D eigenvalue weighted by atomic mass is 127. The first kappa shape index (κ1) is 22.2. The van der Waals surface area contributed by atoms with E-state index in [2.05, 4.69) is 6.66 Å². The molecule has 0 amide bonds. The number of para-hydroxylation sites is 3. The number of benzene rings is 3. The number of hydrogen-bond acceptors (Lipinski definition) is 3. The summed E-state index contributed by atoms with van der Waals surface area (Å²) in [5.41, 5.74) is 0. The van der Waals surface area contributed by atoms with Gasteiger partial charge in [0, 0.05) is 5.30 Å². The lowest BCUT2D eigenvalue weighted by atomic mass is 10.3. The zero-order valence-corrected chi connectivity index (χ0v) is 16.7. The molecule has 0 bridgehead atoms. The minimum atomic E-state index is 0. The largest absolute Gasteiger partial charge is 0.508 e. The Kier molecular flexibility index (Phi) is 12.6. The van der Waals surface area contributed by atoms with Crippen LogP contribution in [0.25, 0.3) is 0 Å². The number of phenolic OH excluding ortho intramolecular Hbond substituents is 3. The molecule has 0 aliphatic heterocycles. The minimum Gasteiger partial charge on any atom is -0.508 e. The van der Waals surface area contributed by atoms with Gasteiger partial charge in [-0.25, -0.2) is 0 Å². The summed E-state index contributed by atoms with van der Waals surface area (Å²) < 4.78 is 0. The molecule has 0 saturated heterocycles. The van der Waals surface area contributed by atoms with Gasteiger partial charge in [-0.2, -0.15) is 0 Å². The van der Waals surface area contributed by atoms with Crippen molar-refractivity contribution in [2.75, 3.05) is 6.66 Å². The van der Waals surface area contributed by atoms with Gasteiger partial charge in [0.15, 0.2) is 0 Å². The van der Waals surface area contributed by atoms with Gasteiger partial charge >= 0.3 is 0 Å². The lowest BCUT2D eigenvalue weighted by molar-refractivity contribution is 0.475. The first-order valence-corrected chi connectivity index (χ1v) is 8.57. The second-order valence-corrected chi connectivity index (χ2v) is 5.48. The fourth-order valence-corrected chi connectivity index (χ4v) is 2.14. The molecule has 0 aliphatic rings. The molecular weight excluding hydrogens is 434 g/mol. The second kappa shape index (κ2) is 13.6. The summed E-state index contributed by atoms with van der Waals surface area (Å²) in [5.74, 6) is 1.06. The Morgan fingerprint density at radius 3 is 1.21 bits per heavy atom. The second-order valence-electron chi connectivity index (χ2n) is 4.44. The van der Waals surface area contributed by atoms with Crippen LogP contribution in [0.3, 0.4) is 0 Å². The Hall–Kier alpha value is -1.78. The Balaban J connectivity index is 0.000000327. The summed E-state index contributed by atoms with van der Waals surface area (Å²) in [4.78, 5) is 0. The van der Waals surface area contributed by atoms with Gasteiger partial charge in [0.05, 0.1) is 0 Å². The molecule has 0 aromatic heterocycles. The Morgan fingerprint density at radius 1 is 0.583 bits per heavy atom. The van der Waals surface area contributed by atoms with Gasteiger partial charge in [-0.05, 0) is 37.0 Å². The summed E-state index contributed by atoms with van der Waals surface area (Å²) in [6, 6.07) is 24.8. The SMILES string of the molecule is CPc1ccccc1O.I.Oc1ccccc1.Oc1ccccc1. The third-order valence-corrected chi connectivity index (χ3v) is 3.65. The number of hydrogen-bond donors (Lipinski definition) is 3. The smallest absolute Gasteiger partial charge is 0.122 e. The number of aromatic hydroxyl groups is 3. The predicted molar refractivity (Wildman–Crippen MR) is 114 cm³/mol. The quantitative estimate of drug-likeness (QED) is 0.367. The van der Waals surface area contributed by atoms with E-state index in [9.17, 15) is 0 Å². The topological polar surface area (TPSA) is 60.7 Å². The number of rotatable bonds is 1. The molecule has 3 N–H and O–H groups in total. The normalized spacial score (nSPS) is 9.04. The van der Waals surface area contributed by atoms with Crippen LogP contribution in [0.15, 0.2) is 84.9 Å². The molecule has 128 valence electrons. The van der Waals surface area contributed by atoms with Gasteiger partial charge in [0.2, 0.25) is 0 Å². The molecule has 1 atom stereocenters. The van der Waals surface area contributed by atoms with Gasteiger partial charge < -0.3 is 15.3 Å². The summed E-state index contributed by atoms with van der Waals surface area (Å²) in [5, 5.41) is 27.4. The highest BCUT2D eigenvalue weighted by Crippen LogP contribution is 2.13. The Bertz CT molecular complexity index is 626. The monoisotopic (exact) mass is 456 g/mol. The zero-order valence-electron chi connectivity index (χ0n) is 13.3. The molecule has 0 aliphatic carbocycles. The standard InChI is InChI=1S/C7H9OP.2C6H6O.HI/c1-9-7-5-3-2-4-6(7)8;2*7-6-4-2-1-3-5-6;/h2-5,8-9H,1H3;2*1-5,7H;1H. The van der Waals surface area contributed by atoms with Gasteiger partial charge in [0.25, 0.3) is 0 Å². The maximum Gasteiger partial charge on any atom is 0.122 e. The van der Waals surface area contributed by atoms with Crippen LogP contribution in [-0.4, -0.2) is 22.0 Å². The number of halogens is 1. The van der Waals surface area contributed by atoms with Crippen LogP contribution >= 0.6 is 32.6 Å². The Labute approximate surface area is 161 Å². The summed E-state index contributed by atoms with van der Waals surface area (Å²) >= 11 is 0. The molecule has 3 aromatic carbocycles. The van der Waals surface area contributed by atoms with Crippen molar-refractivity contribution >= 4 is 37.9 Å². The van der Waals surface area contributed by atoms with E-state index in [1.807, 2.05) is 30.3 Å². The van der Waals surface area contributed by atoms with E-state index in [0.717, 1.165) is 5.30 Å². The molecule has 0 heterocycles. The highest BCUT2D eigenvalue weighted by Gasteiger charge is 1.92. The van der Waals surface area contributed by atoms with E-state index >= 15 is 0 Å². The molecule has 24 heavy (non-hydrogen) atoms. The molecule has 3 aromatic rings. The van der Waals surface area contributed by atoms with Crippen LogP contribution in [0.2, 0.25) is 0 Å². The first-order valence-electron chi connectivity index (χ1n) is 7.07. The summed E-state index contributed by atoms with van der Waals surface area (Å²) in [7, 11) is 0.679. The summed E-state index contributed by atoms with van der Waals surface area (Å²) in [6.07, 6.45) is 0. The molecule has 0 fully saturated rings. The van der Waals surface area contributed by atoms with Gasteiger partial charge in [-0.15, -0.1) is 24.0 Å². The van der Waals surface area contributed by atoms with Crippen LogP contribution in [0.1, 0.15) is 0 Å². The third kappa shape index (κ3) is 10.1. The molecule has 1 unspecified atom stereocenters. The Morgan fingerprint density at radius 2 is 0.958 bits per heavy atom. The van der Waals surface area contributed by atoms with Gasteiger partial charge in [0.1, 0.15) is 17.2 Å². The maximum atomic E-state index is 9.12. The fourth-order valence-electron chi connectivity index (χ4n) is 1.54. The maximum absolute atomic E-state index is 9.12. The van der Waals surface area contributed by atoms with Crippen molar-refractivity contribution in [3.63, 3.8) is 0 Å². The van der Waals surface area contributed by atoms with Crippen molar-refractivity contribution in [1.82, 2.24) is 0 Å². The molecule has 0 spiro atoms. The van der Waals surface area contributed by atoms with Crippen molar-refractivity contribution in [1.29, 1.82) is 0 Å². The zero-order chi connectivity index (χ0) is 16.9. The van der Waals surface area contributed by atoms with E-state index in [1.165, 1.54) is 0 Å². The molecule has 5 heteroatoms. The van der Waals surface area contributed by atoms with Crippen LogP contribution < -0.4 is 5.30 Å². The molecule has 3 nitrogen and oxygen atoms in total. The van der Waals surface area contributed by atoms with E-state index in [0.29, 0.717) is 25.8 Å².